The molecule has 3 aliphatic heterocycles. The number of aryl methyl sites for hydroxylation is 2. The highest BCUT2D eigenvalue weighted by Gasteiger charge is 2.74. The fourth-order valence-corrected chi connectivity index (χ4v) is 6.07. The van der Waals surface area contributed by atoms with Gasteiger partial charge in [-0.1, -0.05) is 30.3 Å². The number of hydrogen-bond donors (Lipinski definition) is 3. The Morgan fingerprint density at radius 3 is 2.60 bits per heavy atom. The SMILES string of the molecule is Cc1ccc(C)c(NC(=O)C2N([C@H](C)CO)C(=O)[C@@H]3[C@H](C(=O)Nc4ccccc4)[C@@H]4CCC23O4)c1. The molecule has 2 unspecified atom stereocenters. The number of ether oxygens (including phenoxy) is 1. The molecule has 3 heterocycles. The van der Waals surface area contributed by atoms with Crippen molar-refractivity contribution in [2.24, 2.45) is 11.8 Å². The van der Waals surface area contributed by atoms with Crippen LogP contribution in [-0.2, 0) is 19.1 Å². The fraction of sp³-hybridized carbons (Fsp3) is 0.444. The summed E-state index contributed by atoms with van der Waals surface area (Å²) in [5.74, 6) is -2.45. The predicted octanol–water partition coefficient (Wildman–Crippen LogP) is 2.64. The van der Waals surface area contributed by atoms with Gasteiger partial charge in [-0.2, -0.15) is 0 Å². The summed E-state index contributed by atoms with van der Waals surface area (Å²) in [5, 5.41) is 15.9. The number of nitrogens with one attached hydrogen (secondary N) is 2. The van der Waals surface area contributed by atoms with Crippen molar-refractivity contribution in [3.05, 3.63) is 59.7 Å². The molecule has 2 aromatic carbocycles. The van der Waals surface area contributed by atoms with E-state index < -0.39 is 35.6 Å². The number of para-hydroxylation sites is 1. The number of nitrogens with zero attached hydrogens (tertiary/aromatic N) is 1. The lowest BCUT2D eigenvalue weighted by atomic mass is 9.70. The molecule has 0 radical (unpaired) electrons. The maximum Gasteiger partial charge on any atom is 0.250 e. The first kappa shape index (κ1) is 23.5. The molecule has 3 amide bonds. The van der Waals surface area contributed by atoms with Gasteiger partial charge in [0.2, 0.25) is 17.7 Å². The van der Waals surface area contributed by atoms with Crippen molar-refractivity contribution >= 4 is 29.1 Å². The fourth-order valence-electron chi connectivity index (χ4n) is 6.07. The standard InChI is InChI=1S/C27H31N3O5/c1-15-9-10-16(2)19(13-15)29-25(33)23-27-12-11-20(35-27)21(22(27)26(34)30(23)17(3)14-31)24(32)28-18-7-5-4-6-8-18/h4-10,13,17,20-23,31H,11-12,14H2,1-3H3,(H,28,32)(H,29,33)/t17-,20+,21-,22+,23?,27?/m1/s1. The molecule has 3 saturated heterocycles. The Labute approximate surface area is 204 Å². The third kappa shape index (κ3) is 3.72. The molecule has 8 nitrogen and oxygen atoms in total. The number of anilines is 2. The number of rotatable bonds is 6. The van der Waals surface area contributed by atoms with Crippen molar-refractivity contribution in [3.63, 3.8) is 0 Å². The third-order valence-electron chi connectivity index (χ3n) is 7.72. The molecule has 2 aromatic rings. The summed E-state index contributed by atoms with van der Waals surface area (Å²) in [6.45, 7) is 5.26. The number of amides is 3. The maximum absolute atomic E-state index is 13.8. The molecule has 3 N–H and O–H groups in total. The molecular weight excluding hydrogens is 446 g/mol. The second-order valence-corrected chi connectivity index (χ2v) is 10.00. The molecule has 184 valence electrons. The average molecular weight is 478 g/mol. The van der Waals surface area contributed by atoms with Crippen molar-refractivity contribution in [2.75, 3.05) is 17.2 Å². The van der Waals surface area contributed by atoms with Gasteiger partial charge in [0.15, 0.2) is 0 Å². The van der Waals surface area contributed by atoms with Crippen LogP contribution in [0.15, 0.2) is 48.5 Å². The van der Waals surface area contributed by atoms with Crippen LogP contribution in [0.3, 0.4) is 0 Å². The Morgan fingerprint density at radius 2 is 1.89 bits per heavy atom. The van der Waals surface area contributed by atoms with Crippen LogP contribution in [0.25, 0.3) is 0 Å². The highest BCUT2D eigenvalue weighted by molar-refractivity contribution is 6.05. The van der Waals surface area contributed by atoms with E-state index in [0.29, 0.717) is 24.2 Å². The molecule has 35 heavy (non-hydrogen) atoms. The molecule has 0 saturated carbocycles. The van der Waals surface area contributed by atoms with Crippen molar-refractivity contribution in [2.45, 2.75) is 57.4 Å². The zero-order valence-corrected chi connectivity index (χ0v) is 20.2. The Kier molecular flexibility index (Phi) is 5.89. The molecule has 6 atom stereocenters. The van der Waals surface area contributed by atoms with Crippen LogP contribution in [0.4, 0.5) is 11.4 Å². The Hall–Kier alpha value is -3.23. The number of likely N-dealkylation sites (tertiary alicyclic amines) is 1. The number of fused-ring (bicyclic) bond motifs is 1. The van der Waals surface area contributed by atoms with E-state index >= 15 is 0 Å². The Bertz CT molecular complexity index is 1170. The van der Waals surface area contributed by atoms with Gasteiger partial charge in [-0.25, -0.2) is 0 Å². The number of carbonyl (C=O) groups is 3. The van der Waals surface area contributed by atoms with Gasteiger partial charge in [0.1, 0.15) is 11.6 Å². The molecule has 3 aliphatic rings. The van der Waals surface area contributed by atoms with Crippen LogP contribution in [-0.4, -0.2) is 58.1 Å². The Balaban J connectivity index is 1.49. The van der Waals surface area contributed by atoms with E-state index in [2.05, 4.69) is 10.6 Å². The van der Waals surface area contributed by atoms with Gasteiger partial charge in [0, 0.05) is 11.4 Å². The summed E-state index contributed by atoms with van der Waals surface area (Å²) in [6.07, 6.45) is 0.656. The van der Waals surface area contributed by atoms with Crippen molar-refractivity contribution in [1.29, 1.82) is 0 Å². The topological polar surface area (TPSA) is 108 Å². The van der Waals surface area contributed by atoms with Crippen molar-refractivity contribution in [1.82, 2.24) is 4.90 Å². The Morgan fingerprint density at radius 1 is 1.14 bits per heavy atom. The smallest absolute Gasteiger partial charge is 0.250 e. The second kappa shape index (κ2) is 8.77. The van der Waals surface area contributed by atoms with Crippen molar-refractivity contribution < 1.29 is 24.2 Å². The number of hydrogen-bond acceptors (Lipinski definition) is 5. The van der Waals surface area contributed by atoms with Gasteiger partial charge in [0.25, 0.3) is 0 Å². The van der Waals surface area contributed by atoms with Gasteiger partial charge in [-0.05, 0) is 62.9 Å². The van der Waals surface area contributed by atoms with Gasteiger partial charge in [0.05, 0.1) is 30.6 Å². The minimum Gasteiger partial charge on any atom is -0.394 e. The monoisotopic (exact) mass is 477 g/mol. The van der Waals surface area contributed by atoms with Crippen LogP contribution < -0.4 is 10.6 Å². The lowest BCUT2D eigenvalue weighted by Crippen LogP contribution is -2.55. The van der Waals surface area contributed by atoms with Crippen LogP contribution in [0.5, 0.6) is 0 Å². The minimum absolute atomic E-state index is 0.284. The summed E-state index contributed by atoms with van der Waals surface area (Å²) >= 11 is 0. The number of carbonyl (C=O) groups excluding carboxylic acids is 3. The van der Waals surface area contributed by atoms with Crippen LogP contribution >= 0.6 is 0 Å². The van der Waals surface area contributed by atoms with E-state index in [1.165, 1.54) is 4.90 Å². The number of aliphatic hydroxyl groups excluding tert-OH is 1. The first-order chi connectivity index (χ1) is 16.8. The first-order valence-electron chi connectivity index (χ1n) is 12.1. The van der Waals surface area contributed by atoms with E-state index in [-0.39, 0.29) is 24.3 Å². The predicted molar refractivity (Wildman–Crippen MR) is 131 cm³/mol. The van der Waals surface area contributed by atoms with Crippen LogP contribution in [0.1, 0.15) is 30.9 Å². The maximum atomic E-state index is 13.8. The first-order valence-corrected chi connectivity index (χ1v) is 12.1. The normalized spacial score (nSPS) is 29.7. The van der Waals surface area contributed by atoms with E-state index in [9.17, 15) is 19.5 Å². The van der Waals surface area contributed by atoms with Gasteiger partial charge in [-0.3, -0.25) is 14.4 Å². The number of aliphatic hydroxyl groups is 1. The van der Waals surface area contributed by atoms with Crippen LogP contribution in [0.2, 0.25) is 0 Å². The summed E-state index contributed by atoms with van der Waals surface area (Å²) in [5.41, 5.74) is 2.11. The largest absolute Gasteiger partial charge is 0.394 e. The second-order valence-electron chi connectivity index (χ2n) is 10.00. The summed E-state index contributed by atoms with van der Waals surface area (Å²) in [6, 6.07) is 13.3. The number of benzene rings is 2. The molecule has 5 rings (SSSR count). The van der Waals surface area contributed by atoms with Gasteiger partial charge >= 0.3 is 0 Å². The lowest BCUT2D eigenvalue weighted by Gasteiger charge is -2.35. The van der Waals surface area contributed by atoms with E-state index in [1.807, 2.05) is 50.2 Å². The molecule has 3 fully saturated rings. The van der Waals surface area contributed by atoms with E-state index in [4.69, 9.17) is 4.74 Å². The van der Waals surface area contributed by atoms with E-state index in [0.717, 1.165) is 11.1 Å². The molecule has 8 heteroatoms. The molecule has 2 bridgehead atoms. The molecule has 0 aliphatic carbocycles. The summed E-state index contributed by atoms with van der Waals surface area (Å²) in [4.78, 5) is 42.4. The average Bonchev–Trinajstić information content (AvgIpc) is 3.49. The summed E-state index contributed by atoms with van der Waals surface area (Å²) < 4.78 is 6.41. The van der Waals surface area contributed by atoms with Gasteiger partial charge < -0.3 is 25.4 Å². The van der Waals surface area contributed by atoms with Crippen molar-refractivity contribution in [3.8, 4) is 0 Å². The quantitative estimate of drug-likeness (QED) is 0.593. The molecule has 1 spiro atoms. The lowest BCUT2D eigenvalue weighted by molar-refractivity contribution is -0.142. The zero-order valence-electron chi connectivity index (χ0n) is 20.2. The highest BCUT2D eigenvalue weighted by Crippen LogP contribution is 2.59. The highest BCUT2D eigenvalue weighted by atomic mass is 16.5. The van der Waals surface area contributed by atoms with Crippen LogP contribution in [0, 0.1) is 25.7 Å². The van der Waals surface area contributed by atoms with E-state index in [1.54, 1.807) is 19.1 Å². The third-order valence-corrected chi connectivity index (χ3v) is 7.72. The molecule has 0 aromatic heterocycles. The minimum atomic E-state index is -1.11. The van der Waals surface area contributed by atoms with Gasteiger partial charge in [-0.15, -0.1) is 0 Å². The zero-order chi connectivity index (χ0) is 24.9. The molecular formula is C27H31N3O5. The summed E-state index contributed by atoms with van der Waals surface area (Å²) in [7, 11) is 0.